The van der Waals surface area contributed by atoms with Crippen LogP contribution >= 0.6 is 0 Å². The summed E-state index contributed by atoms with van der Waals surface area (Å²) in [4.78, 5) is 20.1. The largest absolute Gasteiger partial charge is 0.497 e. The van der Waals surface area contributed by atoms with Crippen molar-refractivity contribution in [2.24, 2.45) is 0 Å². The van der Waals surface area contributed by atoms with Crippen LogP contribution in [-0.2, 0) is 4.79 Å². The van der Waals surface area contributed by atoms with Gasteiger partial charge < -0.3 is 20.1 Å². The summed E-state index contributed by atoms with van der Waals surface area (Å²) in [7, 11) is 3.07. The summed E-state index contributed by atoms with van der Waals surface area (Å²) < 4.78 is 10.5. The summed E-state index contributed by atoms with van der Waals surface area (Å²) in [6.07, 6.45) is 1.62. The van der Waals surface area contributed by atoms with Crippen LogP contribution in [0, 0.1) is 11.3 Å². The Morgan fingerprint density at radius 2 is 1.86 bits per heavy atom. The maximum Gasteiger partial charge on any atom is 0.227 e. The van der Waals surface area contributed by atoms with Crippen molar-refractivity contribution in [1.29, 1.82) is 5.26 Å². The van der Waals surface area contributed by atoms with Gasteiger partial charge in [0.15, 0.2) is 0 Å². The first-order chi connectivity index (χ1) is 14.0. The quantitative estimate of drug-likeness (QED) is 0.661. The lowest BCUT2D eigenvalue weighted by atomic mass is 10.1. The Balaban J connectivity index is 1.91. The Labute approximate surface area is 168 Å². The fourth-order valence-electron chi connectivity index (χ4n) is 2.73. The van der Waals surface area contributed by atoms with E-state index in [1.165, 1.54) is 14.0 Å². The standard InChI is InChI=1S/C21H19N5O3/c1-13(27)24-16-9-17(11-18(10-16)28-2)25-21-23-7-6-19(26-21)14-4-5-20(29-3)15(8-14)12-22/h4-11H,1-3H3,(H,24,27)(H,23,25,26). The molecule has 3 rings (SSSR count). The topological polar surface area (TPSA) is 109 Å². The number of aromatic nitrogens is 2. The van der Waals surface area contributed by atoms with Gasteiger partial charge in [0.1, 0.15) is 17.6 Å². The number of ether oxygens (including phenoxy) is 2. The van der Waals surface area contributed by atoms with Crippen molar-refractivity contribution >= 4 is 23.2 Å². The molecule has 0 atom stereocenters. The van der Waals surface area contributed by atoms with Crippen LogP contribution in [0.25, 0.3) is 11.3 Å². The van der Waals surface area contributed by atoms with Gasteiger partial charge in [-0.1, -0.05) is 0 Å². The first-order valence-electron chi connectivity index (χ1n) is 8.67. The maximum atomic E-state index is 11.4. The van der Waals surface area contributed by atoms with E-state index in [0.29, 0.717) is 40.1 Å². The highest BCUT2D eigenvalue weighted by molar-refractivity contribution is 5.89. The molecular formula is C21H19N5O3. The first-order valence-corrected chi connectivity index (χ1v) is 8.67. The minimum Gasteiger partial charge on any atom is -0.497 e. The highest BCUT2D eigenvalue weighted by atomic mass is 16.5. The molecule has 0 unspecified atom stereocenters. The van der Waals surface area contributed by atoms with Crippen LogP contribution in [0.15, 0.2) is 48.7 Å². The summed E-state index contributed by atoms with van der Waals surface area (Å²) in [6, 6.07) is 14.4. The van der Waals surface area contributed by atoms with Crippen molar-refractivity contribution in [3.63, 3.8) is 0 Å². The molecule has 2 N–H and O–H groups in total. The number of anilines is 3. The van der Waals surface area contributed by atoms with Crippen LogP contribution in [-0.4, -0.2) is 30.1 Å². The molecule has 0 fully saturated rings. The molecule has 0 bridgehead atoms. The van der Waals surface area contributed by atoms with Gasteiger partial charge in [0, 0.05) is 42.2 Å². The Kier molecular flexibility index (Phi) is 5.90. The number of amides is 1. The van der Waals surface area contributed by atoms with Crippen molar-refractivity contribution in [2.45, 2.75) is 6.92 Å². The normalized spacial score (nSPS) is 10.0. The van der Waals surface area contributed by atoms with Crippen molar-refractivity contribution in [1.82, 2.24) is 9.97 Å². The van der Waals surface area contributed by atoms with Gasteiger partial charge in [-0.05, 0) is 30.3 Å². The molecule has 0 saturated carbocycles. The summed E-state index contributed by atoms with van der Waals surface area (Å²) in [6.45, 7) is 1.43. The average molecular weight is 389 g/mol. The lowest BCUT2D eigenvalue weighted by Gasteiger charge is -2.11. The molecule has 8 heteroatoms. The Morgan fingerprint density at radius 3 is 2.55 bits per heavy atom. The molecule has 0 radical (unpaired) electrons. The van der Waals surface area contributed by atoms with E-state index < -0.39 is 0 Å². The van der Waals surface area contributed by atoms with E-state index in [2.05, 4.69) is 26.7 Å². The van der Waals surface area contributed by atoms with Crippen molar-refractivity contribution < 1.29 is 14.3 Å². The molecule has 0 spiro atoms. The smallest absolute Gasteiger partial charge is 0.227 e. The van der Waals surface area contributed by atoms with E-state index >= 15 is 0 Å². The SMILES string of the molecule is COc1cc(NC(C)=O)cc(Nc2nccc(-c3ccc(OC)c(C#N)c3)n2)c1. The van der Waals surface area contributed by atoms with E-state index in [9.17, 15) is 10.1 Å². The van der Waals surface area contributed by atoms with Gasteiger partial charge in [0.25, 0.3) is 0 Å². The van der Waals surface area contributed by atoms with Gasteiger partial charge >= 0.3 is 0 Å². The predicted molar refractivity (Wildman–Crippen MR) is 109 cm³/mol. The Morgan fingerprint density at radius 1 is 1.07 bits per heavy atom. The van der Waals surface area contributed by atoms with Crippen LogP contribution in [0.2, 0.25) is 0 Å². The van der Waals surface area contributed by atoms with Crippen LogP contribution in [0.4, 0.5) is 17.3 Å². The molecule has 2 aromatic carbocycles. The second kappa shape index (κ2) is 8.71. The molecule has 3 aromatic rings. The second-order valence-electron chi connectivity index (χ2n) is 6.05. The lowest BCUT2D eigenvalue weighted by molar-refractivity contribution is -0.114. The third-order valence-corrected chi connectivity index (χ3v) is 3.99. The van der Waals surface area contributed by atoms with Gasteiger partial charge in [0.2, 0.25) is 11.9 Å². The number of nitriles is 1. The number of nitrogens with zero attached hydrogens (tertiary/aromatic N) is 3. The molecule has 0 aliphatic carbocycles. The molecule has 0 aliphatic rings. The Hall–Kier alpha value is -4.12. The number of hydrogen-bond donors (Lipinski definition) is 2. The van der Waals surface area contributed by atoms with Gasteiger partial charge in [0.05, 0.1) is 25.5 Å². The number of nitrogens with one attached hydrogen (secondary N) is 2. The third-order valence-electron chi connectivity index (χ3n) is 3.99. The molecule has 1 amide bonds. The summed E-state index contributed by atoms with van der Waals surface area (Å²) >= 11 is 0. The summed E-state index contributed by atoms with van der Waals surface area (Å²) in [5, 5.41) is 15.1. The molecule has 0 saturated heterocycles. The van der Waals surface area contributed by atoms with Crippen LogP contribution < -0.4 is 20.1 Å². The number of hydrogen-bond acceptors (Lipinski definition) is 7. The predicted octanol–water partition coefficient (Wildman–Crippen LogP) is 3.73. The number of rotatable bonds is 6. The van der Waals surface area contributed by atoms with Gasteiger partial charge in [-0.3, -0.25) is 4.79 Å². The van der Waals surface area contributed by atoms with Crippen LogP contribution in [0.3, 0.4) is 0 Å². The second-order valence-corrected chi connectivity index (χ2v) is 6.05. The van der Waals surface area contributed by atoms with E-state index in [-0.39, 0.29) is 5.91 Å². The number of carbonyl (C=O) groups excluding carboxylic acids is 1. The van der Waals surface area contributed by atoms with Crippen molar-refractivity contribution in [2.75, 3.05) is 24.9 Å². The molecule has 146 valence electrons. The fraction of sp³-hybridized carbons (Fsp3) is 0.143. The zero-order valence-corrected chi connectivity index (χ0v) is 16.2. The van der Waals surface area contributed by atoms with Crippen molar-refractivity contribution in [3.05, 3.63) is 54.2 Å². The number of benzene rings is 2. The average Bonchev–Trinajstić information content (AvgIpc) is 2.72. The van der Waals surface area contributed by atoms with Crippen molar-refractivity contribution in [3.8, 4) is 28.8 Å². The zero-order valence-electron chi connectivity index (χ0n) is 16.2. The van der Waals surface area contributed by atoms with Gasteiger partial charge in [-0.25, -0.2) is 9.97 Å². The molecule has 29 heavy (non-hydrogen) atoms. The maximum absolute atomic E-state index is 11.4. The fourth-order valence-corrected chi connectivity index (χ4v) is 2.73. The minimum absolute atomic E-state index is 0.185. The lowest BCUT2D eigenvalue weighted by Crippen LogP contribution is -2.06. The molecule has 1 aromatic heterocycles. The Bertz CT molecular complexity index is 1090. The molecule has 8 nitrogen and oxygen atoms in total. The number of carbonyl (C=O) groups is 1. The minimum atomic E-state index is -0.185. The first kappa shape index (κ1) is 19.6. The third kappa shape index (κ3) is 4.78. The molecule has 0 aliphatic heterocycles. The highest BCUT2D eigenvalue weighted by Gasteiger charge is 2.09. The van der Waals surface area contributed by atoms with E-state index in [0.717, 1.165) is 5.56 Å². The number of methoxy groups -OCH3 is 2. The van der Waals surface area contributed by atoms with E-state index in [1.807, 2.05) is 6.07 Å². The summed E-state index contributed by atoms with van der Waals surface area (Å²) in [5.41, 5.74) is 3.07. The highest BCUT2D eigenvalue weighted by Crippen LogP contribution is 2.28. The zero-order chi connectivity index (χ0) is 20.8. The molecular weight excluding hydrogens is 370 g/mol. The monoisotopic (exact) mass is 389 g/mol. The van der Waals surface area contributed by atoms with E-state index in [1.54, 1.807) is 49.7 Å². The van der Waals surface area contributed by atoms with Crippen LogP contribution in [0.1, 0.15) is 12.5 Å². The summed E-state index contributed by atoms with van der Waals surface area (Å²) in [5.74, 6) is 1.25. The van der Waals surface area contributed by atoms with Crippen LogP contribution in [0.5, 0.6) is 11.5 Å². The molecule has 1 heterocycles. The van der Waals surface area contributed by atoms with Gasteiger partial charge in [-0.15, -0.1) is 0 Å². The van der Waals surface area contributed by atoms with Gasteiger partial charge in [-0.2, -0.15) is 5.26 Å². The van der Waals surface area contributed by atoms with E-state index in [4.69, 9.17) is 9.47 Å².